The third-order valence-corrected chi connectivity index (χ3v) is 4.57. The Balaban J connectivity index is 1.52. The van der Waals surface area contributed by atoms with Gasteiger partial charge >= 0.3 is 0 Å². The third-order valence-electron chi connectivity index (χ3n) is 4.57. The number of amides is 1. The molecule has 2 heterocycles. The predicted molar refractivity (Wildman–Crippen MR) is 92.4 cm³/mol. The number of aromatic nitrogens is 2. The first kappa shape index (κ1) is 16.5. The summed E-state index contributed by atoms with van der Waals surface area (Å²) in [5.74, 6) is 1.13. The fourth-order valence-corrected chi connectivity index (χ4v) is 3.00. The largest absolute Gasteiger partial charge is 0.497 e. The molecule has 6 heteroatoms. The van der Waals surface area contributed by atoms with Crippen molar-refractivity contribution in [1.82, 2.24) is 20.8 Å². The number of hydrogen-bond donors (Lipinski definition) is 3. The lowest BCUT2D eigenvalue weighted by molar-refractivity contribution is 0.0946. The highest BCUT2D eigenvalue weighted by molar-refractivity contribution is 5.94. The maximum atomic E-state index is 12.3. The van der Waals surface area contributed by atoms with Crippen LogP contribution < -0.4 is 15.4 Å². The number of hydrogen-bond acceptors (Lipinski definition) is 4. The fourth-order valence-electron chi connectivity index (χ4n) is 3.00. The smallest absolute Gasteiger partial charge is 0.272 e. The van der Waals surface area contributed by atoms with Gasteiger partial charge in [-0.05, 0) is 30.0 Å². The van der Waals surface area contributed by atoms with E-state index in [4.69, 9.17) is 4.74 Å². The number of rotatable bonds is 6. The fraction of sp³-hybridized carbons (Fsp3) is 0.444. The van der Waals surface area contributed by atoms with Crippen molar-refractivity contribution in [2.45, 2.75) is 32.2 Å². The molecule has 1 aliphatic heterocycles. The second-order valence-corrected chi connectivity index (χ2v) is 6.17. The molecule has 0 saturated carbocycles. The van der Waals surface area contributed by atoms with Crippen LogP contribution in [0.15, 0.2) is 24.3 Å². The molecule has 0 radical (unpaired) electrons. The Kier molecular flexibility index (Phi) is 5.15. The Morgan fingerprint density at radius 2 is 2.17 bits per heavy atom. The molecule has 0 fully saturated rings. The molecule has 2 aromatic rings. The summed E-state index contributed by atoms with van der Waals surface area (Å²) in [5.41, 5.74) is 3.84. The molecule has 1 aromatic heterocycles. The SMILES string of the molecule is COc1ccc(C(C)CCNC(=O)c2n[nH]c3c2CNCC3)cc1. The second-order valence-electron chi connectivity index (χ2n) is 6.17. The van der Waals surface area contributed by atoms with E-state index in [0.29, 0.717) is 24.7 Å². The molecule has 1 aromatic carbocycles. The number of carbonyl (C=O) groups excluding carboxylic acids is 1. The van der Waals surface area contributed by atoms with Gasteiger partial charge in [0.05, 0.1) is 7.11 Å². The van der Waals surface area contributed by atoms with Gasteiger partial charge in [0.25, 0.3) is 5.91 Å². The van der Waals surface area contributed by atoms with Crippen LogP contribution in [0.3, 0.4) is 0 Å². The third kappa shape index (κ3) is 3.59. The van der Waals surface area contributed by atoms with E-state index in [0.717, 1.165) is 36.4 Å². The summed E-state index contributed by atoms with van der Waals surface area (Å²) in [6.07, 6.45) is 1.77. The summed E-state index contributed by atoms with van der Waals surface area (Å²) in [4.78, 5) is 12.3. The lowest BCUT2D eigenvalue weighted by Crippen LogP contribution is -2.29. The van der Waals surface area contributed by atoms with E-state index in [9.17, 15) is 4.79 Å². The highest BCUT2D eigenvalue weighted by Gasteiger charge is 2.21. The van der Waals surface area contributed by atoms with Crippen LogP contribution in [-0.4, -0.2) is 36.3 Å². The van der Waals surface area contributed by atoms with Gasteiger partial charge in [-0.3, -0.25) is 9.89 Å². The summed E-state index contributed by atoms with van der Waals surface area (Å²) in [6.45, 7) is 4.42. The van der Waals surface area contributed by atoms with Gasteiger partial charge in [0.1, 0.15) is 5.75 Å². The second kappa shape index (κ2) is 7.49. The molecule has 0 spiro atoms. The van der Waals surface area contributed by atoms with Gasteiger partial charge in [0.15, 0.2) is 5.69 Å². The van der Waals surface area contributed by atoms with Crippen LogP contribution >= 0.6 is 0 Å². The normalized spacial score (nSPS) is 14.8. The minimum atomic E-state index is -0.0990. The number of H-pyrrole nitrogens is 1. The minimum absolute atomic E-state index is 0.0990. The summed E-state index contributed by atoms with van der Waals surface area (Å²) in [5, 5.41) is 13.4. The van der Waals surface area contributed by atoms with E-state index >= 15 is 0 Å². The van der Waals surface area contributed by atoms with Crippen LogP contribution in [0.4, 0.5) is 0 Å². The Morgan fingerprint density at radius 3 is 2.92 bits per heavy atom. The Bertz CT molecular complexity index is 694. The van der Waals surface area contributed by atoms with Crippen LogP contribution in [0.1, 0.15) is 46.6 Å². The Morgan fingerprint density at radius 1 is 1.38 bits per heavy atom. The van der Waals surface area contributed by atoms with Gasteiger partial charge < -0.3 is 15.4 Å². The van der Waals surface area contributed by atoms with E-state index in [-0.39, 0.29) is 5.91 Å². The maximum Gasteiger partial charge on any atom is 0.272 e. The van der Waals surface area contributed by atoms with Crippen LogP contribution in [-0.2, 0) is 13.0 Å². The predicted octanol–water partition coefficient (Wildman–Crippen LogP) is 1.99. The van der Waals surface area contributed by atoms with Crippen molar-refractivity contribution in [2.75, 3.05) is 20.2 Å². The van der Waals surface area contributed by atoms with Gasteiger partial charge in [-0.1, -0.05) is 19.1 Å². The molecule has 1 unspecified atom stereocenters. The summed E-state index contributed by atoms with van der Waals surface area (Å²) in [6, 6.07) is 8.07. The number of fused-ring (bicyclic) bond motifs is 1. The van der Waals surface area contributed by atoms with Crippen molar-refractivity contribution in [2.24, 2.45) is 0 Å². The first-order valence-electron chi connectivity index (χ1n) is 8.38. The molecular weight excluding hydrogens is 304 g/mol. The summed E-state index contributed by atoms with van der Waals surface area (Å²) >= 11 is 0. The molecule has 3 N–H and O–H groups in total. The first-order valence-corrected chi connectivity index (χ1v) is 8.38. The molecule has 6 nitrogen and oxygen atoms in total. The molecule has 1 aliphatic rings. The van der Waals surface area contributed by atoms with Gasteiger partial charge in [0, 0.05) is 37.3 Å². The topological polar surface area (TPSA) is 79.0 Å². The lowest BCUT2D eigenvalue weighted by Gasteiger charge is -2.14. The Labute approximate surface area is 142 Å². The quantitative estimate of drug-likeness (QED) is 0.758. The summed E-state index contributed by atoms with van der Waals surface area (Å²) in [7, 11) is 1.66. The van der Waals surface area contributed by atoms with Crippen LogP contribution in [0, 0.1) is 0 Å². The van der Waals surface area contributed by atoms with E-state index in [1.54, 1.807) is 7.11 Å². The van der Waals surface area contributed by atoms with Crippen LogP contribution in [0.5, 0.6) is 5.75 Å². The number of ether oxygens (including phenoxy) is 1. The molecule has 3 rings (SSSR count). The number of benzene rings is 1. The van der Waals surface area contributed by atoms with E-state index < -0.39 is 0 Å². The van der Waals surface area contributed by atoms with Gasteiger partial charge in [0.2, 0.25) is 0 Å². The number of nitrogens with zero attached hydrogens (tertiary/aromatic N) is 1. The van der Waals surface area contributed by atoms with Crippen LogP contribution in [0.25, 0.3) is 0 Å². The molecule has 1 atom stereocenters. The molecule has 0 aliphatic carbocycles. The van der Waals surface area contributed by atoms with E-state index in [2.05, 4.69) is 39.9 Å². The number of aromatic amines is 1. The van der Waals surface area contributed by atoms with Crippen molar-refractivity contribution >= 4 is 5.91 Å². The van der Waals surface area contributed by atoms with Crippen molar-refractivity contribution < 1.29 is 9.53 Å². The van der Waals surface area contributed by atoms with Gasteiger partial charge in [-0.2, -0.15) is 5.10 Å². The standard InChI is InChI=1S/C18H24N4O2/c1-12(13-3-5-14(24-2)6-4-13)7-10-20-18(23)17-15-11-19-9-8-16(15)21-22-17/h3-6,12,19H,7-11H2,1-2H3,(H,20,23)(H,21,22). The maximum absolute atomic E-state index is 12.3. The molecular formula is C18H24N4O2. The van der Waals surface area contributed by atoms with E-state index in [1.165, 1.54) is 5.56 Å². The van der Waals surface area contributed by atoms with Crippen molar-refractivity contribution in [3.05, 3.63) is 46.8 Å². The minimum Gasteiger partial charge on any atom is -0.497 e. The zero-order valence-electron chi connectivity index (χ0n) is 14.2. The zero-order chi connectivity index (χ0) is 16.9. The molecule has 128 valence electrons. The average Bonchev–Trinajstić information content (AvgIpc) is 3.06. The molecule has 0 saturated heterocycles. The average molecular weight is 328 g/mol. The summed E-state index contributed by atoms with van der Waals surface area (Å²) < 4.78 is 5.18. The molecule has 1 amide bonds. The first-order chi connectivity index (χ1) is 11.7. The monoisotopic (exact) mass is 328 g/mol. The number of carbonyl (C=O) groups is 1. The Hall–Kier alpha value is -2.34. The number of methoxy groups -OCH3 is 1. The lowest BCUT2D eigenvalue weighted by atomic mass is 9.98. The van der Waals surface area contributed by atoms with Crippen molar-refractivity contribution in [1.29, 1.82) is 0 Å². The van der Waals surface area contributed by atoms with Crippen molar-refractivity contribution in [3.63, 3.8) is 0 Å². The van der Waals surface area contributed by atoms with Gasteiger partial charge in [-0.25, -0.2) is 0 Å². The van der Waals surface area contributed by atoms with E-state index in [1.807, 2.05) is 12.1 Å². The number of nitrogens with one attached hydrogen (secondary N) is 3. The van der Waals surface area contributed by atoms with Gasteiger partial charge in [-0.15, -0.1) is 0 Å². The van der Waals surface area contributed by atoms with Crippen LogP contribution in [0.2, 0.25) is 0 Å². The van der Waals surface area contributed by atoms with Crippen molar-refractivity contribution in [3.8, 4) is 5.75 Å². The zero-order valence-corrected chi connectivity index (χ0v) is 14.2. The molecule has 0 bridgehead atoms. The molecule has 24 heavy (non-hydrogen) atoms. The highest BCUT2D eigenvalue weighted by Crippen LogP contribution is 2.21. The highest BCUT2D eigenvalue weighted by atomic mass is 16.5.